The van der Waals surface area contributed by atoms with E-state index in [4.69, 9.17) is 5.73 Å². The second kappa shape index (κ2) is 9.30. The highest BCUT2D eigenvalue weighted by atomic mass is 16.4. The van der Waals surface area contributed by atoms with Crippen LogP contribution in [0.5, 0.6) is 0 Å². The fraction of sp³-hybridized carbons (Fsp3) is 0.500. The Bertz CT molecular complexity index is 952. The van der Waals surface area contributed by atoms with Crippen LogP contribution in [-0.2, 0) is 16.6 Å². The van der Waals surface area contributed by atoms with Gasteiger partial charge in [-0.25, -0.2) is 0 Å². The number of benzene rings is 1. The molecule has 1 aliphatic rings. The highest BCUT2D eigenvalue weighted by Gasteiger charge is 2.35. The van der Waals surface area contributed by atoms with E-state index in [1.165, 1.54) is 0 Å². The molecule has 30 heavy (non-hydrogen) atoms. The van der Waals surface area contributed by atoms with Crippen molar-refractivity contribution >= 4 is 28.7 Å². The van der Waals surface area contributed by atoms with Gasteiger partial charge in [-0.05, 0) is 57.4 Å². The summed E-state index contributed by atoms with van der Waals surface area (Å²) in [5.74, 6) is -2.18. The lowest BCUT2D eigenvalue weighted by Gasteiger charge is -2.23. The molecule has 0 radical (unpaired) electrons. The van der Waals surface area contributed by atoms with Crippen LogP contribution in [-0.4, -0.2) is 46.1 Å². The second-order valence-electron chi connectivity index (χ2n) is 8.10. The number of carboxylic acid groups (broad SMARTS) is 1. The molecule has 1 saturated carbocycles. The van der Waals surface area contributed by atoms with Crippen molar-refractivity contribution in [2.24, 2.45) is 18.7 Å². The van der Waals surface area contributed by atoms with Gasteiger partial charge >= 0.3 is 5.97 Å². The van der Waals surface area contributed by atoms with Crippen molar-refractivity contribution in [3.63, 3.8) is 0 Å². The quantitative estimate of drug-likeness (QED) is 0.523. The fourth-order valence-corrected chi connectivity index (χ4v) is 4.22. The van der Waals surface area contributed by atoms with Crippen molar-refractivity contribution in [1.29, 1.82) is 0 Å². The van der Waals surface area contributed by atoms with Gasteiger partial charge in [0.05, 0.1) is 5.92 Å². The standard InChI is InChI=1S/C22H30N4O4/c1-13-8-9-18-14(11-13)12-19(26(18)2)21(28)25-17(7-4-10-23)20(27)24-16-6-3-5-15(16)22(29)30/h8-9,11-12,15-17H,3-7,10,23H2,1-2H3,(H,24,27)(H,25,28)(H,29,30)/t15-,16+,17+/m1/s1. The zero-order chi connectivity index (χ0) is 21.8. The molecule has 2 aromatic rings. The third-order valence-electron chi connectivity index (χ3n) is 5.91. The average molecular weight is 415 g/mol. The first kappa shape index (κ1) is 21.8. The minimum atomic E-state index is -0.897. The number of aromatic nitrogens is 1. The number of amides is 2. The molecule has 1 heterocycles. The van der Waals surface area contributed by atoms with Gasteiger partial charge in [-0.1, -0.05) is 18.1 Å². The summed E-state index contributed by atoms with van der Waals surface area (Å²) >= 11 is 0. The van der Waals surface area contributed by atoms with E-state index in [1.54, 1.807) is 4.57 Å². The van der Waals surface area contributed by atoms with E-state index in [2.05, 4.69) is 10.6 Å². The number of carbonyl (C=O) groups is 3. The number of fused-ring (bicyclic) bond motifs is 1. The Hall–Kier alpha value is -2.87. The maximum atomic E-state index is 13.0. The highest BCUT2D eigenvalue weighted by Crippen LogP contribution is 2.26. The Balaban J connectivity index is 1.75. The van der Waals surface area contributed by atoms with Crippen LogP contribution in [0.15, 0.2) is 24.3 Å². The van der Waals surface area contributed by atoms with Gasteiger partial charge in [-0.3, -0.25) is 14.4 Å². The van der Waals surface area contributed by atoms with Crippen LogP contribution in [0.4, 0.5) is 0 Å². The first-order valence-electron chi connectivity index (χ1n) is 10.4. The van der Waals surface area contributed by atoms with E-state index in [-0.39, 0.29) is 11.8 Å². The van der Waals surface area contributed by atoms with Gasteiger partial charge < -0.3 is 26.0 Å². The van der Waals surface area contributed by atoms with Crippen molar-refractivity contribution < 1.29 is 19.5 Å². The van der Waals surface area contributed by atoms with E-state index in [1.807, 2.05) is 38.2 Å². The van der Waals surface area contributed by atoms with Crippen LogP contribution < -0.4 is 16.4 Å². The Morgan fingerprint density at radius 1 is 1.27 bits per heavy atom. The van der Waals surface area contributed by atoms with Crippen LogP contribution in [0.1, 0.15) is 48.2 Å². The van der Waals surface area contributed by atoms with Gasteiger partial charge in [-0.15, -0.1) is 0 Å². The third-order valence-corrected chi connectivity index (χ3v) is 5.91. The number of nitrogens with two attached hydrogens (primary N) is 1. The number of carbonyl (C=O) groups excluding carboxylic acids is 2. The summed E-state index contributed by atoms with van der Waals surface area (Å²) in [6.07, 6.45) is 2.90. The summed E-state index contributed by atoms with van der Waals surface area (Å²) in [5.41, 5.74) is 8.11. The summed E-state index contributed by atoms with van der Waals surface area (Å²) in [6.45, 7) is 2.39. The SMILES string of the molecule is Cc1ccc2c(c1)cc(C(=O)N[C@@H](CCCN)C(=O)N[C@H]1CCC[C@H]1C(=O)O)n2C. The predicted octanol–water partition coefficient (Wildman–Crippen LogP) is 1.69. The van der Waals surface area contributed by atoms with Crippen LogP contribution in [0, 0.1) is 12.8 Å². The normalized spacial score (nSPS) is 19.6. The van der Waals surface area contributed by atoms with E-state index in [0.29, 0.717) is 37.9 Å². The zero-order valence-corrected chi connectivity index (χ0v) is 17.5. The first-order valence-corrected chi connectivity index (χ1v) is 10.4. The molecule has 1 aromatic heterocycles. The highest BCUT2D eigenvalue weighted by molar-refractivity contribution is 6.01. The third kappa shape index (κ3) is 4.64. The molecular formula is C22H30N4O4. The molecule has 5 N–H and O–H groups in total. The molecule has 0 aliphatic heterocycles. The Morgan fingerprint density at radius 3 is 2.73 bits per heavy atom. The monoisotopic (exact) mass is 414 g/mol. The van der Waals surface area contributed by atoms with Gasteiger partial charge in [0, 0.05) is 24.0 Å². The molecule has 162 valence electrons. The minimum absolute atomic E-state index is 0.343. The lowest BCUT2D eigenvalue weighted by Crippen LogP contribution is -2.51. The molecule has 8 heteroatoms. The maximum Gasteiger partial charge on any atom is 0.308 e. The summed E-state index contributed by atoms with van der Waals surface area (Å²) in [5, 5.41) is 16.0. The van der Waals surface area contributed by atoms with E-state index >= 15 is 0 Å². The minimum Gasteiger partial charge on any atom is -0.481 e. The van der Waals surface area contributed by atoms with Crippen LogP contribution in [0.25, 0.3) is 10.9 Å². The number of aliphatic carboxylic acids is 1. The predicted molar refractivity (Wildman–Crippen MR) is 114 cm³/mol. The smallest absolute Gasteiger partial charge is 0.308 e. The molecule has 2 amide bonds. The summed E-state index contributed by atoms with van der Waals surface area (Å²) < 4.78 is 1.80. The molecule has 0 unspecified atom stereocenters. The van der Waals surface area contributed by atoms with E-state index in [0.717, 1.165) is 22.9 Å². The average Bonchev–Trinajstić information content (AvgIpc) is 3.29. The second-order valence-corrected chi connectivity index (χ2v) is 8.10. The Kier molecular flexibility index (Phi) is 6.77. The Morgan fingerprint density at radius 2 is 2.03 bits per heavy atom. The van der Waals surface area contributed by atoms with E-state index < -0.39 is 24.0 Å². The molecule has 1 aromatic carbocycles. The number of hydrogen-bond acceptors (Lipinski definition) is 4. The topological polar surface area (TPSA) is 126 Å². The summed E-state index contributed by atoms with van der Waals surface area (Å²) in [4.78, 5) is 37.3. The molecule has 1 fully saturated rings. The van der Waals surface area contributed by atoms with Crippen molar-refractivity contribution in [3.8, 4) is 0 Å². The van der Waals surface area contributed by atoms with Crippen molar-refractivity contribution in [2.45, 2.75) is 51.1 Å². The molecule has 0 saturated heterocycles. The van der Waals surface area contributed by atoms with Crippen molar-refractivity contribution in [1.82, 2.24) is 15.2 Å². The number of aryl methyl sites for hydroxylation is 2. The molecular weight excluding hydrogens is 384 g/mol. The molecule has 0 spiro atoms. The molecule has 3 atom stereocenters. The van der Waals surface area contributed by atoms with Gasteiger partial charge in [-0.2, -0.15) is 0 Å². The Labute approximate surface area is 175 Å². The van der Waals surface area contributed by atoms with Crippen molar-refractivity contribution in [3.05, 3.63) is 35.5 Å². The number of nitrogens with one attached hydrogen (secondary N) is 2. The first-order chi connectivity index (χ1) is 14.3. The number of carboxylic acids is 1. The van der Waals surface area contributed by atoms with E-state index in [9.17, 15) is 19.5 Å². The number of nitrogens with zero attached hydrogens (tertiary/aromatic N) is 1. The van der Waals surface area contributed by atoms with Crippen LogP contribution >= 0.6 is 0 Å². The summed E-state index contributed by atoms with van der Waals surface area (Å²) in [6, 6.07) is 6.60. The molecule has 1 aliphatic carbocycles. The lowest BCUT2D eigenvalue weighted by atomic mass is 10.0. The summed E-state index contributed by atoms with van der Waals surface area (Å²) in [7, 11) is 1.82. The lowest BCUT2D eigenvalue weighted by molar-refractivity contribution is -0.142. The molecule has 8 nitrogen and oxygen atoms in total. The largest absolute Gasteiger partial charge is 0.481 e. The molecule has 3 rings (SSSR count). The number of hydrogen-bond donors (Lipinski definition) is 4. The van der Waals surface area contributed by atoms with Gasteiger partial charge in [0.15, 0.2) is 0 Å². The number of rotatable bonds is 8. The molecule has 0 bridgehead atoms. The zero-order valence-electron chi connectivity index (χ0n) is 17.5. The van der Waals surface area contributed by atoms with Crippen LogP contribution in [0.2, 0.25) is 0 Å². The van der Waals surface area contributed by atoms with Crippen molar-refractivity contribution in [2.75, 3.05) is 6.54 Å². The van der Waals surface area contributed by atoms with Crippen LogP contribution in [0.3, 0.4) is 0 Å². The van der Waals surface area contributed by atoms with Gasteiger partial charge in [0.2, 0.25) is 5.91 Å². The van der Waals surface area contributed by atoms with Gasteiger partial charge in [0.25, 0.3) is 5.91 Å². The maximum absolute atomic E-state index is 13.0. The van der Waals surface area contributed by atoms with Gasteiger partial charge in [0.1, 0.15) is 11.7 Å². The fourth-order valence-electron chi connectivity index (χ4n) is 4.22.